The summed E-state index contributed by atoms with van der Waals surface area (Å²) in [6.07, 6.45) is 0.154. The average molecular weight is 396 g/mol. The maximum Gasteiger partial charge on any atom is 0.340 e. The number of hydrogen-bond donors (Lipinski definition) is 1. The zero-order valence-electron chi connectivity index (χ0n) is 16.3. The van der Waals surface area contributed by atoms with Crippen LogP contribution in [0, 0.1) is 0 Å². The average Bonchev–Trinajstić information content (AvgIpc) is 2.73. The summed E-state index contributed by atoms with van der Waals surface area (Å²) >= 11 is 0. The first-order chi connectivity index (χ1) is 14.0. The Morgan fingerprint density at radius 1 is 1.10 bits per heavy atom. The Morgan fingerprint density at radius 2 is 1.83 bits per heavy atom. The molecule has 152 valence electrons. The molecule has 0 bridgehead atoms. The lowest BCUT2D eigenvalue weighted by Gasteiger charge is -2.30. The predicted octanol–water partition coefficient (Wildman–Crippen LogP) is 2.27. The zero-order chi connectivity index (χ0) is 20.6. The molecule has 0 aromatic heterocycles. The van der Waals surface area contributed by atoms with Crippen LogP contribution in [-0.2, 0) is 25.5 Å². The topological polar surface area (TPSA) is 84.9 Å². The number of nitrogens with zero attached hydrogens (tertiary/aromatic N) is 1. The highest BCUT2D eigenvalue weighted by Crippen LogP contribution is 2.17. The summed E-state index contributed by atoms with van der Waals surface area (Å²) in [6, 6.07) is 15.9. The molecule has 7 nitrogen and oxygen atoms in total. The van der Waals surface area contributed by atoms with Crippen molar-refractivity contribution in [1.29, 1.82) is 0 Å². The standard InChI is InChI=1S/C22H24N2O5/c1-16-14-24(11-12-28-16)21(26)15-29-22(27)18-9-5-6-10-19(18)23-20(25)13-17-7-3-2-4-8-17/h2-10,16H,11-15H2,1H3,(H,23,25). The lowest BCUT2D eigenvalue weighted by Crippen LogP contribution is -2.46. The van der Waals surface area contributed by atoms with E-state index in [2.05, 4.69) is 5.32 Å². The van der Waals surface area contributed by atoms with E-state index in [0.29, 0.717) is 25.4 Å². The third-order valence-corrected chi connectivity index (χ3v) is 4.55. The molecule has 1 N–H and O–H groups in total. The van der Waals surface area contributed by atoms with Crippen molar-refractivity contribution < 1.29 is 23.9 Å². The van der Waals surface area contributed by atoms with Crippen LogP contribution in [0.4, 0.5) is 5.69 Å². The van der Waals surface area contributed by atoms with Gasteiger partial charge in [-0.2, -0.15) is 0 Å². The van der Waals surface area contributed by atoms with Gasteiger partial charge in [0.05, 0.1) is 30.4 Å². The zero-order valence-corrected chi connectivity index (χ0v) is 16.3. The van der Waals surface area contributed by atoms with Crippen LogP contribution < -0.4 is 5.32 Å². The lowest BCUT2D eigenvalue weighted by atomic mass is 10.1. The molecule has 0 aliphatic carbocycles. The van der Waals surface area contributed by atoms with Crippen LogP contribution in [-0.4, -0.2) is 55.1 Å². The molecule has 0 saturated carbocycles. The molecule has 2 amide bonds. The highest BCUT2D eigenvalue weighted by molar-refractivity contribution is 6.02. The van der Waals surface area contributed by atoms with Crippen molar-refractivity contribution in [1.82, 2.24) is 4.90 Å². The van der Waals surface area contributed by atoms with Gasteiger partial charge in [-0.25, -0.2) is 4.79 Å². The number of anilines is 1. The number of hydrogen-bond acceptors (Lipinski definition) is 5. The maximum absolute atomic E-state index is 12.5. The van der Waals surface area contributed by atoms with E-state index in [9.17, 15) is 14.4 Å². The molecule has 1 atom stereocenters. The van der Waals surface area contributed by atoms with Gasteiger partial charge in [0.15, 0.2) is 6.61 Å². The second kappa shape index (κ2) is 9.84. The Kier molecular flexibility index (Phi) is 6.97. The van der Waals surface area contributed by atoms with E-state index >= 15 is 0 Å². The minimum absolute atomic E-state index is 0.0380. The first-order valence-electron chi connectivity index (χ1n) is 9.52. The molecule has 1 aliphatic heterocycles. The first kappa shape index (κ1) is 20.5. The Bertz CT molecular complexity index is 869. The monoisotopic (exact) mass is 396 g/mol. The van der Waals surface area contributed by atoms with Crippen molar-refractivity contribution in [3.8, 4) is 0 Å². The van der Waals surface area contributed by atoms with Crippen molar-refractivity contribution in [3.05, 3.63) is 65.7 Å². The third kappa shape index (κ3) is 5.89. The van der Waals surface area contributed by atoms with Gasteiger partial charge in [-0.1, -0.05) is 42.5 Å². The first-order valence-corrected chi connectivity index (χ1v) is 9.52. The fourth-order valence-electron chi connectivity index (χ4n) is 3.09. The molecule has 3 rings (SSSR count). The number of morpholine rings is 1. The number of para-hydroxylation sites is 1. The number of nitrogens with one attached hydrogen (secondary N) is 1. The second-order valence-corrected chi connectivity index (χ2v) is 6.85. The van der Waals surface area contributed by atoms with Gasteiger partial charge >= 0.3 is 5.97 Å². The van der Waals surface area contributed by atoms with E-state index in [1.807, 2.05) is 37.3 Å². The van der Waals surface area contributed by atoms with Crippen LogP contribution in [0.25, 0.3) is 0 Å². The molecule has 29 heavy (non-hydrogen) atoms. The molecule has 7 heteroatoms. The Labute approximate surface area is 169 Å². The van der Waals surface area contributed by atoms with E-state index in [-0.39, 0.29) is 36.5 Å². The summed E-state index contributed by atoms with van der Waals surface area (Å²) in [5, 5.41) is 2.75. The molecule has 2 aromatic carbocycles. The van der Waals surface area contributed by atoms with E-state index in [1.54, 1.807) is 29.2 Å². The van der Waals surface area contributed by atoms with Crippen molar-refractivity contribution in [3.63, 3.8) is 0 Å². The number of ether oxygens (including phenoxy) is 2. The van der Waals surface area contributed by atoms with Crippen molar-refractivity contribution >= 4 is 23.5 Å². The van der Waals surface area contributed by atoms with E-state index in [0.717, 1.165) is 5.56 Å². The smallest absolute Gasteiger partial charge is 0.340 e. The Hall–Kier alpha value is -3.19. The maximum atomic E-state index is 12.5. The molecule has 0 spiro atoms. The largest absolute Gasteiger partial charge is 0.452 e. The SMILES string of the molecule is CC1CN(C(=O)COC(=O)c2ccccc2NC(=O)Cc2ccccc2)CCO1. The summed E-state index contributed by atoms with van der Waals surface area (Å²) in [4.78, 5) is 38.7. The summed E-state index contributed by atoms with van der Waals surface area (Å²) in [5.74, 6) is -1.16. The van der Waals surface area contributed by atoms with Gasteiger partial charge in [-0.05, 0) is 24.6 Å². The molecular formula is C22H24N2O5. The number of carbonyl (C=O) groups excluding carboxylic acids is 3. The highest BCUT2D eigenvalue weighted by atomic mass is 16.5. The predicted molar refractivity (Wildman–Crippen MR) is 107 cm³/mol. The lowest BCUT2D eigenvalue weighted by molar-refractivity contribution is -0.141. The third-order valence-electron chi connectivity index (χ3n) is 4.55. The van der Waals surface area contributed by atoms with Crippen molar-refractivity contribution in [2.45, 2.75) is 19.4 Å². The van der Waals surface area contributed by atoms with Gasteiger partial charge in [0, 0.05) is 13.1 Å². The van der Waals surface area contributed by atoms with Gasteiger partial charge < -0.3 is 19.7 Å². The van der Waals surface area contributed by atoms with Crippen LogP contribution >= 0.6 is 0 Å². The van der Waals surface area contributed by atoms with Crippen LogP contribution in [0.1, 0.15) is 22.8 Å². The van der Waals surface area contributed by atoms with Crippen molar-refractivity contribution in [2.75, 3.05) is 31.6 Å². The Morgan fingerprint density at radius 3 is 2.59 bits per heavy atom. The van der Waals surface area contributed by atoms with Crippen LogP contribution in [0.5, 0.6) is 0 Å². The van der Waals surface area contributed by atoms with Gasteiger partial charge in [0.25, 0.3) is 5.91 Å². The molecule has 1 unspecified atom stereocenters. The second-order valence-electron chi connectivity index (χ2n) is 6.85. The Balaban J connectivity index is 1.58. The molecule has 1 aliphatic rings. The number of benzene rings is 2. The molecule has 1 fully saturated rings. The summed E-state index contributed by atoms with van der Waals surface area (Å²) in [5.41, 5.74) is 1.43. The normalized spacial score (nSPS) is 16.2. The van der Waals surface area contributed by atoms with Crippen molar-refractivity contribution in [2.24, 2.45) is 0 Å². The molecule has 1 heterocycles. The number of esters is 1. The van der Waals surface area contributed by atoms with Gasteiger partial charge in [0.2, 0.25) is 5.91 Å². The van der Waals surface area contributed by atoms with E-state index in [4.69, 9.17) is 9.47 Å². The molecule has 1 saturated heterocycles. The fourth-order valence-corrected chi connectivity index (χ4v) is 3.09. The van der Waals surface area contributed by atoms with E-state index < -0.39 is 5.97 Å². The van der Waals surface area contributed by atoms with Crippen LogP contribution in [0.2, 0.25) is 0 Å². The summed E-state index contributed by atoms with van der Waals surface area (Å²) < 4.78 is 10.6. The van der Waals surface area contributed by atoms with Crippen LogP contribution in [0.3, 0.4) is 0 Å². The molecule has 0 radical (unpaired) electrons. The number of rotatable bonds is 6. The summed E-state index contributed by atoms with van der Waals surface area (Å²) in [6.45, 7) is 2.96. The van der Waals surface area contributed by atoms with E-state index in [1.165, 1.54) is 0 Å². The molecule has 2 aromatic rings. The van der Waals surface area contributed by atoms with Gasteiger partial charge in [-0.3, -0.25) is 9.59 Å². The number of carbonyl (C=O) groups is 3. The highest BCUT2D eigenvalue weighted by Gasteiger charge is 2.23. The van der Waals surface area contributed by atoms with Gasteiger partial charge in [0.1, 0.15) is 0 Å². The minimum Gasteiger partial charge on any atom is -0.452 e. The van der Waals surface area contributed by atoms with Crippen LogP contribution in [0.15, 0.2) is 54.6 Å². The van der Waals surface area contributed by atoms with Gasteiger partial charge in [-0.15, -0.1) is 0 Å². The summed E-state index contributed by atoms with van der Waals surface area (Å²) in [7, 11) is 0. The fraction of sp³-hybridized carbons (Fsp3) is 0.318. The quantitative estimate of drug-likeness (QED) is 0.757. The number of amides is 2. The minimum atomic E-state index is -0.657. The molecular weight excluding hydrogens is 372 g/mol.